The van der Waals surface area contributed by atoms with E-state index in [1.165, 1.54) is 125 Å². The van der Waals surface area contributed by atoms with Crippen LogP contribution in [0, 0.1) is 0 Å². The minimum Gasteiger partial charge on any atom is -0.360 e. The zero-order valence-corrected chi connectivity index (χ0v) is 35.2. The lowest BCUT2D eigenvalue weighted by Crippen LogP contribution is -2.34. The van der Waals surface area contributed by atoms with Gasteiger partial charge in [0.15, 0.2) is 0 Å². The van der Waals surface area contributed by atoms with E-state index in [4.69, 9.17) is 37.9 Å². The summed E-state index contributed by atoms with van der Waals surface area (Å²) in [5.74, 6) is -0.132. The first-order chi connectivity index (χ1) is 22.0. The average Bonchev–Trinajstić information content (AvgIpc) is 3.07. The second kappa shape index (κ2) is 33.3. The summed E-state index contributed by atoms with van der Waals surface area (Å²) in [6.45, 7) is 0. The maximum absolute atomic E-state index is 5.41. The summed E-state index contributed by atoms with van der Waals surface area (Å²) in [4.78, 5) is 0. The molecular formula is C32H68O8Si5. The molecule has 0 fully saturated rings. The Kier molecular flexibility index (Phi) is 33.8. The monoisotopic (exact) mass is 720 g/mol. The highest BCUT2D eigenvalue weighted by atomic mass is 28.3. The predicted octanol–water partition coefficient (Wildman–Crippen LogP) is 6.91. The Morgan fingerprint density at radius 3 is 0.689 bits per heavy atom. The maximum atomic E-state index is 5.41. The summed E-state index contributed by atoms with van der Waals surface area (Å²) in [6.07, 6.45) is 16.1. The summed E-state index contributed by atoms with van der Waals surface area (Å²) in [7, 11) is 15.5. The molecule has 0 aromatic rings. The van der Waals surface area contributed by atoms with E-state index in [2.05, 4.69) is 0 Å². The van der Waals surface area contributed by atoms with E-state index in [1.807, 2.05) is 0 Å². The second-order valence-electron chi connectivity index (χ2n) is 11.8. The molecule has 0 aliphatic carbocycles. The summed E-state index contributed by atoms with van der Waals surface area (Å²) in [6, 6.07) is 10.8. The van der Waals surface area contributed by atoms with Gasteiger partial charge in [-0.1, -0.05) is 125 Å². The highest BCUT2D eigenvalue weighted by Crippen LogP contribution is 2.35. The molecule has 0 atom stereocenters. The highest BCUT2D eigenvalue weighted by Gasteiger charge is 2.30. The van der Waals surface area contributed by atoms with Crippen LogP contribution in [-0.4, -0.2) is 127 Å². The van der Waals surface area contributed by atoms with Crippen LogP contribution in [0.15, 0.2) is 0 Å². The fraction of sp³-hybridized carbons (Fsp3) is 1.00. The van der Waals surface area contributed by atoms with Gasteiger partial charge in [-0.15, -0.1) is 0 Å². The van der Waals surface area contributed by atoms with Gasteiger partial charge in [-0.3, -0.25) is 0 Å². The van der Waals surface area contributed by atoms with E-state index >= 15 is 0 Å². The summed E-state index contributed by atoms with van der Waals surface area (Å²) >= 11 is 0. The van der Waals surface area contributed by atoms with Crippen LogP contribution in [-0.2, 0) is 37.9 Å². The minimum atomic E-state index is -1.37. The molecule has 0 N–H and O–H groups in total. The molecular weight excluding hydrogens is 653 g/mol. The van der Waals surface area contributed by atoms with E-state index < -0.39 is 8.07 Å². The van der Waals surface area contributed by atoms with Gasteiger partial charge in [0.1, 0.15) is 61.7 Å². The van der Waals surface area contributed by atoms with Crippen LogP contribution in [0.2, 0.25) is 48.4 Å². The zero-order valence-electron chi connectivity index (χ0n) is 30.2. The molecule has 8 nitrogen and oxygen atoms in total. The van der Waals surface area contributed by atoms with E-state index in [1.54, 1.807) is 56.9 Å². The first-order valence-corrected chi connectivity index (χ1v) is 25.1. The van der Waals surface area contributed by atoms with Gasteiger partial charge in [-0.25, -0.2) is 0 Å². The van der Waals surface area contributed by atoms with E-state index in [0.29, 0.717) is 0 Å². The van der Waals surface area contributed by atoms with Gasteiger partial charge in [0.05, 0.1) is 8.07 Å². The van der Waals surface area contributed by atoms with Crippen LogP contribution in [0.4, 0.5) is 0 Å². The topological polar surface area (TPSA) is 73.8 Å². The molecule has 0 rings (SSSR count). The third-order valence-corrected chi connectivity index (χ3v) is 19.9. The van der Waals surface area contributed by atoms with Crippen molar-refractivity contribution in [3.63, 3.8) is 0 Å². The standard InChI is InChI=1S/C32H68O8Si5/c1-33-29(34-2)41-21-13-9-17-25-45(26-18-10-14-22-42-30(35-3)36-4,27-19-11-15-23-43-31(37-5)38-6)28-20-12-16-24-44-32(39-7)40-8/h29-32H,9-28H2,1-8H3. The van der Waals surface area contributed by atoms with Crippen LogP contribution in [0.5, 0.6) is 0 Å². The van der Waals surface area contributed by atoms with Crippen molar-refractivity contribution in [2.45, 2.75) is 149 Å². The van der Waals surface area contributed by atoms with Crippen LogP contribution >= 0.6 is 0 Å². The molecule has 8 radical (unpaired) electrons. The van der Waals surface area contributed by atoms with Gasteiger partial charge in [-0.2, -0.15) is 0 Å². The third-order valence-electron chi connectivity index (χ3n) is 8.49. The first-order valence-electron chi connectivity index (χ1n) is 17.1. The third kappa shape index (κ3) is 25.4. The van der Waals surface area contributed by atoms with E-state index in [9.17, 15) is 0 Å². The lowest BCUT2D eigenvalue weighted by atomic mass is 10.3. The quantitative estimate of drug-likeness (QED) is 0.0393. The Morgan fingerprint density at radius 1 is 0.311 bits per heavy atom. The molecule has 264 valence electrons. The first kappa shape index (κ1) is 45.8. The Hall–Kier alpha value is 0.764. The SMILES string of the molecule is COC(OC)[Si]CCCCC[Si](CCCCC[Si]C(OC)OC)(CCCCC[Si]C(OC)OC)CCCCC[Si]C(OC)OC. The number of hydrogen-bond donors (Lipinski definition) is 0. The fourth-order valence-corrected chi connectivity index (χ4v) is 15.5. The number of rotatable bonds is 36. The molecule has 0 saturated heterocycles. The second-order valence-corrected chi connectivity index (χ2v) is 22.3. The molecule has 0 aromatic carbocycles. The van der Waals surface area contributed by atoms with Gasteiger partial charge in [-0.05, 0) is 0 Å². The molecule has 0 spiro atoms. The minimum absolute atomic E-state index is 0.0329. The van der Waals surface area contributed by atoms with Crippen molar-refractivity contribution in [3.8, 4) is 0 Å². The molecule has 0 bridgehead atoms. The van der Waals surface area contributed by atoms with Crippen molar-refractivity contribution in [2.24, 2.45) is 0 Å². The average molecular weight is 721 g/mol. The Morgan fingerprint density at radius 2 is 0.511 bits per heavy atom. The Labute approximate surface area is 289 Å². The number of hydrogen-bond acceptors (Lipinski definition) is 8. The summed E-state index contributed by atoms with van der Waals surface area (Å²) in [5, 5.41) is 0. The molecule has 45 heavy (non-hydrogen) atoms. The molecule has 0 amide bonds. The van der Waals surface area contributed by atoms with Crippen LogP contribution in [0.3, 0.4) is 0 Å². The smallest absolute Gasteiger partial charge is 0.136 e. The number of ether oxygens (including phenoxy) is 8. The molecule has 0 saturated carbocycles. The molecule has 0 aliphatic heterocycles. The Bertz CT molecular complexity index is 496. The molecule has 0 aliphatic rings. The number of unbranched alkanes of at least 4 members (excludes halogenated alkanes) is 8. The van der Waals surface area contributed by atoms with E-state index in [0.717, 1.165) is 38.1 Å². The van der Waals surface area contributed by atoms with Crippen molar-refractivity contribution in [2.75, 3.05) is 56.9 Å². The van der Waals surface area contributed by atoms with Crippen molar-refractivity contribution in [1.29, 1.82) is 0 Å². The lowest BCUT2D eigenvalue weighted by Gasteiger charge is -2.33. The summed E-state index contributed by atoms with van der Waals surface area (Å²) in [5.41, 5.74) is 0. The Balaban J connectivity index is 5.15. The highest BCUT2D eigenvalue weighted by molar-refractivity contribution is 6.79. The van der Waals surface area contributed by atoms with Gasteiger partial charge in [0.2, 0.25) is 0 Å². The normalized spacial score (nSPS) is 12.5. The van der Waals surface area contributed by atoms with Crippen LogP contribution < -0.4 is 0 Å². The van der Waals surface area contributed by atoms with Gasteiger partial charge >= 0.3 is 0 Å². The van der Waals surface area contributed by atoms with Crippen molar-refractivity contribution in [3.05, 3.63) is 0 Å². The van der Waals surface area contributed by atoms with Gasteiger partial charge in [0, 0.05) is 56.9 Å². The molecule has 0 aromatic heterocycles. The maximum Gasteiger partial charge on any atom is 0.136 e. The van der Waals surface area contributed by atoms with Gasteiger partial charge < -0.3 is 37.9 Å². The predicted molar refractivity (Wildman–Crippen MR) is 194 cm³/mol. The van der Waals surface area contributed by atoms with Gasteiger partial charge in [0.25, 0.3) is 0 Å². The van der Waals surface area contributed by atoms with E-state index in [-0.39, 0.29) is 23.7 Å². The largest absolute Gasteiger partial charge is 0.360 e. The lowest BCUT2D eigenvalue weighted by molar-refractivity contribution is -0.0442. The zero-order chi connectivity index (χ0) is 33.4. The fourth-order valence-electron chi connectivity index (χ4n) is 5.89. The van der Waals surface area contributed by atoms with Crippen molar-refractivity contribution in [1.82, 2.24) is 0 Å². The van der Waals surface area contributed by atoms with Crippen molar-refractivity contribution >= 4 is 46.2 Å². The number of methoxy groups -OCH3 is 8. The molecule has 13 heteroatoms. The van der Waals surface area contributed by atoms with Crippen LogP contribution in [0.1, 0.15) is 77.0 Å². The molecule has 0 heterocycles. The van der Waals surface area contributed by atoms with Crippen molar-refractivity contribution < 1.29 is 37.9 Å². The molecule has 0 unspecified atom stereocenters. The summed E-state index contributed by atoms with van der Waals surface area (Å²) < 4.78 is 43.3. The van der Waals surface area contributed by atoms with Crippen LogP contribution in [0.25, 0.3) is 0 Å².